The summed E-state index contributed by atoms with van der Waals surface area (Å²) in [6.45, 7) is 8.32. The molecule has 2 unspecified atom stereocenters. The Hall–Kier alpha value is -0.980. The van der Waals surface area contributed by atoms with Crippen LogP contribution in [0.25, 0.3) is 0 Å². The first-order valence-electron chi connectivity index (χ1n) is 6.60. The van der Waals surface area contributed by atoms with Gasteiger partial charge in [-0.05, 0) is 6.42 Å². The Morgan fingerprint density at radius 3 is 2.78 bits per heavy atom. The minimum Gasteiger partial charge on any atom is -0.379 e. The zero-order valence-corrected chi connectivity index (χ0v) is 11.1. The van der Waals surface area contributed by atoms with Crippen molar-refractivity contribution in [1.82, 2.24) is 15.0 Å². The number of rotatable bonds is 5. The number of nitrogens with two attached hydrogens (primary N) is 1. The average Bonchev–Trinajstić information content (AvgIpc) is 2.88. The molecule has 0 aliphatic carbocycles. The van der Waals surface area contributed by atoms with Gasteiger partial charge in [0.1, 0.15) is 0 Å². The fraction of sp³-hybridized carbons (Fsp3) is 0.833. The van der Waals surface area contributed by atoms with E-state index in [9.17, 15) is 0 Å². The summed E-state index contributed by atoms with van der Waals surface area (Å²) < 4.78 is 10.5. The van der Waals surface area contributed by atoms with E-state index in [2.05, 4.69) is 28.9 Å². The molecule has 0 amide bonds. The van der Waals surface area contributed by atoms with Crippen molar-refractivity contribution in [2.24, 2.45) is 5.73 Å². The molecule has 1 aliphatic heterocycles. The van der Waals surface area contributed by atoms with Crippen LogP contribution in [0.2, 0.25) is 0 Å². The molecule has 1 fully saturated rings. The van der Waals surface area contributed by atoms with Gasteiger partial charge < -0.3 is 15.0 Å². The molecule has 1 aromatic rings. The zero-order chi connectivity index (χ0) is 13.0. The standard InChI is InChI=1S/C12H22N4O2/c1-3-9(2)12-14-11(15-18-12)10(13)8-16-4-6-17-7-5-16/h9-10H,3-8,13H2,1-2H3. The SMILES string of the molecule is CCC(C)c1nc(C(N)CN2CCOCC2)no1. The predicted octanol–water partition coefficient (Wildman–Crippen LogP) is 0.915. The van der Waals surface area contributed by atoms with Crippen LogP contribution >= 0.6 is 0 Å². The summed E-state index contributed by atoms with van der Waals surface area (Å²) in [6, 6.07) is -0.190. The first-order valence-corrected chi connectivity index (χ1v) is 6.60. The van der Waals surface area contributed by atoms with Gasteiger partial charge in [0.05, 0.1) is 19.3 Å². The quantitative estimate of drug-likeness (QED) is 0.841. The lowest BCUT2D eigenvalue weighted by molar-refractivity contribution is 0.0348. The van der Waals surface area contributed by atoms with Crippen molar-refractivity contribution in [3.8, 4) is 0 Å². The number of ether oxygens (including phenoxy) is 1. The van der Waals surface area contributed by atoms with Crippen LogP contribution in [0, 0.1) is 0 Å². The normalized spacial score (nSPS) is 20.8. The summed E-state index contributed by atoms with van der Waals surface area (Å²) >= 11 is 0. The summed E-state index contributed by atoms with van der Waals surface area (Å²) in [6.07, 6.45) is 0.986. The van der Waals surface area contributed by atoms with E-state index in [0.29, 0.717) is 17.6 Å². The minimum atomic E-state index is -0.190. The first kappa shape index (κ1) is 13.5. The number of hydrogen-bond acceptors (Lipinski definition) is 6. The Labute approximate surface area is 107 Å². The summed E-state index contributed by atoms with van der Waals surface area (Å²) in [5.41, 5.74) is 6.11. The second-order valence-corrected chi connectivity index (χ2v) is 4.82. The van der Waals surface area contributed by atoms with Gasteiger partial charge in [0.25, 0.3) is 0 Å². The molecule has 2 atom stereocenters. The third-order valence-electron chi connectivity index (χ3n) is 3.38. The molecule has 102 valence electrons. The fourth-order valence-electron chi connectivity index (χ4n) is 1.92. The summed E-state index contributed by atoms with van der Waals surface area (Å²) in [4.78, 5) is 6.66. The van der Waals surface area contributed by atoms with Gasteiger partial charge in [-0.2, -0.15) is 4.98 Å². The molecule has 2 N–H and O–H groups in total. The Balaban J connectivity index is 1.91. The number of morpholine rings is 1. The van der Waals surface area contributed by atoms with Gasteiger partial charge in [-0.1, -0.05) is 19.0 Å². The number of hydrogen-bond donors (Lipinski definition) is 1. The molecule has 1 aromatic heterocycles. The average molecular weight is 254 g/mol. The molecule has 1 saturated heterocycles. The zero-order valence-electron chi connectivity index (χ0n) is 11.1. The molecule has 6 heteroatoms. The molecule has 0 radical (unpaired) electrons. The van der Waals surface area contributed by atoms with E-state index < -0.39 is 0 Å². The second kappa shape index (κ2) is 6.26. The molecule has 0 saturated carbocycles. The van der Waals surface area contributed by atoms with Gasteiger partial charge in [-0.15, -0.1) is 0 Å². The Bertz CT molecular complexity index is 363. The van der Waals surface area contributed by atoms with Crippen LogP contribution in [0.4, 0.5) is 0 Å². The molecule has 0 spiro atoms. The van der Waals surface area contributed by atoms with Crippen LogP contribution in [0.5, 0.6) is 0 Å². The smallest absolute Gasteiger partial charge is 0.229 e. The maximum absolute atomic E-state index is 6.11. The van der Waals surface area contributed by atoms with Crippen LogP contribution in [-0.4, -0.2) is 47.9 Å². The van der Waals surface area contributed by atoms with Crippen LogP contribution in [0.1, 0.15) is 43.9 Å². The van der Waals surface area contributed by atoms with Gasteiger partial charge in [-0.3, -0.25) is 4.90 Å². The molecule has 18 heavy (non-hydrogen) atoms. The van der Waals surface area contributed by atoms with Gasteiger partial charge in [-0.25, -0.2) is 0 Å². The van der Waals surface area contributed by atoms with Gasteiger partial charge in [0.15, 0.2) is 5.82 Å². The van der Waals surface area contributed by atoms with Crippen LogP contribution in [-0.2, 0) is 4.74 Å². The summed E-state index contributed by atoms with van der Waals surface area (Å²) in [5, 5.41) is 3.98. The summed E-state index contributed by atoms with van der Waals surface area (Å²) in [5.74, 6) is 1.59. The lowest BCUT2D eigenvalue weighted by Gasteiger charge is -2.27. The van der Waals surface area contributed by atoms with Crippen LogP contribution in [0.3, 0.4) is 0 Å². The van der Waals surface area contributed by atoms with Crippen molar-refractivity contribution in [3.63, 3.8) is 0 Å². The number of nitrogens with zero attached hydrogens (tertiary/aromatic N) is 3. The molecule has 6 nitrogen and oxygen atoms in total. The van der Waals surface area contributed by atoms with Crippen molar-refractivity contribution >= 4 is 0 Å². The van der Waals surface area contributed by atoms with Gasteiger partial charge in [0, 0.05) is 25.6 Å². The van der Waals surface area contributed by atoms with E-state index in [1.807, 2.05) is 0 Å². The lowest BCUT2D eigenvalue weighted by Crippen LogP contribution is -2.40. The topological polar surface area (TPSA) is 77.4 Å². The maximum Gasteiger partial charge on any atom is 0.229 e. The number of aromatic nitrogens is 2. The predicted molar refractivity (Wildman–Crippen MR) is 67.2 cm³/mol. The molecular weight excluding hydrogens is 232 g/mol. The third-order valence-corrected chi connectivity index (χ3v) is 3.38. The molecule has 1 aliphatic rings. The highest BCUT2D eigenvalue weighted by atomic mass is 16.5. The fourth-order valence-corrected chi connectivity index (χ4v) is 1.92. The van der Waals surface area contributed by atoms with E-state index in [-0.39, 0.29) is 6.04 Å². The van der Waals surface area contributed by atoms with Crippen molar-refractivity contribution in [2.75, 3.05) is 32.8 Å². The van der Waals surface area contributed by atoms with Crippen molar-refractivity contribution in [1.29, 1.82) is 0 Å². The molecular formula is C12H22N4O2. The van der Waals surface area contributed by atoms with Crippen molar-refractivity contribution < 1.29 is 9.26 Å². The minimum absolute atomic E-state index is 0.190. The monoisotopic (exact) mass is 254 g/mol. The lowest BCUT2D eigenvalue weighted by atomic mass is 10.1. The van der Waals surface area contributed by atoms with E-state index >= 15 is 0 Å². The van der Waals surface area contributed by atoms with Crippen molar-refractivity contribution in [3.05, 3.63) is 11.7 Å². The molecule has 0 aromatic carbocycles. The van der Waals surface area contributed by atoms with Crippen LogP contribution < -0.4 is 5.73 Å². The Kier molecular flexibility index (Phi) is 4.68. The van der Waals surface area contributed by atoms with Crippen molar-refractivity contribution in [2.45, 2.75) is 32.2 Å². The highest BCUT2D eigenvalue weighted by Gasteiger charge is 2.20. The maximum atomic E-state index is 6.11. The highest BCUT2D eigenvalue weighted by molar-refractivity contribution is 4.97. The van der Waals surface area contributed by atoms with E-state index in [0.717, 1.165) is 39.3 Å². The van der Waals surface area contributed by atoms with E-state index in [4.69, 9.17) is 15.0 Å². The Morgan fingerprint density at radius 2 is 2.11 bits per heavy atom. The van der Waals surface area contributed by atoms with Crippen LogP contribution in [0.15, 0.2) is 4.52 Å². The van der Waals surface area contributed by atoms with E-state index in [1.54, 1.807) is 0 Å². The molecule has 2 heterocycles. The molecule has 2 rings (SSSR count). The highest BCUT2D eigenvalue weighted by Crippen LogP contribution is 2.18. The molecule has 0 bridgehead atoms. The van der Waals surface area contributed by atoms with Gasteiger partial charge >= 0.3 is 0 Å². The third kappa shape index (κ3) is 3.28. The first-order chi connectivity index (χ1) is 8.70. The Morgan fingerprint density at radius 1 is 1.39 bits per heavy atom. The summed E-state index contributed by atoms with van der Waals surface area (Å²) in [7, 11) is 0. The van der Waals surface area contributed by atoms with E-state index in [1.165, 1.54) is 0 Å². The largest absolute Gasteiger partial charge is 0.379 e. The second-order valence-electron chi connectivity index (χ2n) is 4.82. The van der Waals surface area contributed by atoms with Gasteiger partial charge in [0.2, 0.25) is 5.89 Å².